The van der Waals surface area contributed by atoms with Gasteiger partial charge >= 0.3 is 6.09 Å². The minimum Gasteiger partial charge on any atom is -0.450 e. The van der Waals surface area contributed by atoms with Crippen LogP contribution in [-0.4, -0.2) is 70.9 Å². The summed E-state index contributed by atoms with van der Waals surface area (Å²) in [5.41, 5.74) is 1.06. The van der Waals surface area contributed by atoms with E-state index in [0.717, 1.165) is 36.5 Å². The SMILES string of the molecule is CCOC(=O)N1CCN(c2ccc(-c3ccnc(NC4CC(C)(C)NC(C)(C)C4)n3)s2)CC1. The van der Waals surface area contributed by atoms with Crippen LogP contribution >= 0.6 is 11.3 Å². The summed E-state index contributed by atoms with van der Waals surface area (Å²) in [5.74, 6) is 0.684. The van der Waals surface area contributed by atoms with Gasteiger partial charge in [0, 0.05) is 49.5 Å². The number of hydrogen-bond donors (Lipinski definition) is 2. The highest BCUT2D eigenvalue weighted by molar-refractivity contribution is 7.19. The standard InChI is InChI=1S/C24H36N6O2S/c1-6-32-22(31)30-13-11-29(12-14-30)20-8-7-19(33-20)18-9-10-25-21(27-18)26-17-15-23(2,3)28-24(4,5)16-17/h7-10,17,28H,6,11-16H2,1-5H3,(H,25,26,27). The van der Waals surface area contributed by atoms with Gasteiger partial charge in [-0.05, 0) is 65.7 Å². The Hall–Kier alpha value is -2.39. The number of aromatic nitrogens is 2. The van der Waals surface area contributed by atoms with Crippen molar-refractivity contribution in [1.29, 1.82) is 0 Å². The van der Waals surface area contributed by atoms with Crippen molar-refractivity contribution in [2.75, 3.05) is 43.0 Å². The fourth-order valence-electron chi connectivity index (χ4n) is 5.13. The molecule has 0 radical (unpaired) electrons. The Morgan fingerprint density at radius 1 is 1.15 bits per heavy atom. The summed E-state index contributed by atoms with van der Waals surface area (Å²) in [4.78, 5) is 26.5. The van der Waals surface area contributed by atoms with Crippen LogP contribution in [0.3, 0.4) is 0 Å². The van der Waals surface area contributed by atoms with Crippen molar-refractivity contribution in [2.24, 2.45) is 0 Å². The van der Waals surface area contributed by atoms with E-state index < -0.39 is 0 Å². The number of carbonyl (C=O) groups excluding carboxylic acids is 1. The molecule has 2 aromatic heterocycles. The Bertz CT molecular complexity index is 951. The molecule has 2 aromatic rings. The Morgan fingerprint density at radius 2 is 1.85 bits per heavy atom. The minimum atomic E-state index is -0.217. The predicted octanol–water partition coefficient (Wildman–Crippen LogP) is 4.20. The van der Waals surface area contributed by atoms with E-state index in [4.69, 9.17) is 9.72 Å². The molecule has 4 heterocycles. The Morgan fingerprint density at radius 3 is 2.52 bits per heavy atom. The molecule has 2 aliphatic heterocycles. The third kappa shape index (κ3) is 5.95. The molecule has 2 N–H and O–H groups in total. The van der Waals surface area contributed by atoms with Gasteiger partial charge in [-0.2, -0.15) is 0 Å². The third-order valence-corrected chi connectivity index (χ3v) is 7.31. The van der Waals surface area contributed by atoms with Crippen molar-refractivity contribution in [3.8, 4) is 10.6 Å². The molecule has 2 aliphatic rings. The zero-order valence-electron chi connectivity index (χ0n) is 20.4. The first-order valence-corrected chi connectivity index (χ1v) is 12.6. The maximum Gasteiger partial charge on any atom is 0.409 e. The molecule has 180 valence electrons. The number of nitrogens with zero attached hydrogens (tertiary/aromatic N) is 4. The quantitative estimate of drug-likeness (QED) is 0.675. The third-order valence-electron chi connectivity index (χ3n) is 6.14. The van der Waals surface area contributed by atoms with E-state index in [1.54, 1.807) is 16.2 Å². The second kappa shape index (κ2) is 9.46. The molecule has 0 spiro atoms. The number of piperidine rings is 1. The van der Waals surface area contributed by atoms with Crippen LogP contribution in [0.15, 0.2) is 24.4 Å². The number of anilines is 2. The van der Waals surface area contributed by atoms with Gasteiger partial charge in [0.2, 0.25) is 5.95 Å². The number of carbonyl (C=O) groups is 1. The van der Waals surface area contributed by atoms with Crippen LogP contribution < -0.4 is 15.5 Å². The first kappa shape index (κ1) is 23.8. The fraction of sp³-hybridized carbons (Fsp3) is 0.625. The van der Waals surface area contributed by atoms with Crippen LogP contribution in [0.5, 0.6) is 0 Å². The fourth-order valence-corrected chi connectivity index (χ4v) is 6.16. The number of rotatable bonds is 5. The normalized spacial score (nSPS) is 20.5. The van der Waals surface area contributed by atoms with E-state index in [2.05, 4.69) is 60.3 Å². The van der Waals surface area contributed by atoms with Crippen molar-refractivity contribution in [3.05, 3.63) is 24.4 Å². The highest BCUT2D eigenvalue weighted by Gasteiger charge is 2.37. The molecular formula is C24H36N6O2S. The summed E-state index contributed by atoms with van der Waals surface area (Å²) >= 11 is 1.73. The topological polar surface area (TPSA) is 82.6 Å². The van der Waals surface area contributed by atoms with E-state index in [1.165, 1.54) is 5.00 Å². The molecule has 1 amide bonds. The van der Waals surface area contributed by atoms with Crippen molar-refractivity contribution < 1.29 is 9.53 Å². The number of ether oxygens (including phenoxy) is 1. The van der Waals surface area contributed by atoms with Crippen LogP contribution in [0, 0.1) is 0 Å². The van der Waals surface area contributed by atoms with E-state index in [-0.39, 0.29) is 17.2 Å². The molecule has 8 nitrogen and oxygen atoms in total. The van der Waals surface area contributed by atoms with Gasteiger partial charge in [0.15, 0.2) is 0 Å². The molecule has 33 heavy (non-hydrogen) atoms. The van der Waals surface area contributed by atoms with E-state index >= 15 is 0 Å². The Labute approximate surface area is 200 Å². The van der Waals surface area contributed by atoms with Gasteiger partial charge < -0.3 is 25.2 Å². The second-order valence-corrected chi connectivity index (χ2v) is 11.3. The number of piperazine rings is 1. The Kier molecular flexibility index (Phi) is 6.81. The van der Waals surface area contributed by atoms with Crippen LogP contribution in [0.2, 0.25) is 0 Å². The molecule has 2 saturated heterocycles. The predicted molar refractivity (Wildman–Crippen MR) is 134 cm³/mol. The smallest absolute Gasteiger partial charge is 0.409 e. The first-order valence-electron chi connectivity index (χ1n) is 11.8. The molecule has 0 bridgehead atoms. The summed E-state index contributed by atoms with van der Waals surface area (Å²) < 4.78 is 5.12. The molecule has 9 heteroatoms. The summed E-state index contributed by atoms with van der Waals surface area (Å²) in [5, 5.41) is 8.50. The average molecular weight is 473 g/mol. The van der Waals surface area contributed by atoms with Gasteiger partial charge in [-0.25, -0.2) is 14.8 Å². The maximum atomic E-state index is 11.9. The maximum absolute atomic E-state index is 11.9. The van der Waals surface area contributed by atoms with E-state index in [9.17, 15) is 4.79 Å². The molecular weight excluding hydrogens is 436 g/mol. The van der Waals surface area contributed by atoms with Gasteiger partial charge in [-0.3, -0.25) is 0 Å². The largest absolute Gasteiger partial charge is 0.450 e. The van der Waals surface area contributed by atoms with Crippen molar-refractivity contribution >= 4 is 28.4 Å². The van der Waals surface area contributed by atoms with Crippen molar-refractivity contribution in [3.63, 3.8) is 0 Å². The Balaban J connectivity index is 1.40. The number of thiophene rings is 1. The van der Waals surface area contributed by atoms with Crippen LogP contribution in [0.25, 0.3) is 10.6 Å². The average Bonchev–Trinajstić information content (AvgIpc) is 3.22. The molecule has 4 rings (SSSR count). The molecule has 0 unspecified atom stereocenters. The molecule has 0 saturated carbocycles. The first-order chi connectivity index (χ1) is 15.6. The highest BCUT2D eigenvalue weighted by Crippen LogP contribution is 2.34. The zero-order valence-corrected chi connectivity index (χ0v) is 21.2. The van der Waals surface area contributed by atoms with E-state index in [1.807, 2.05) is 19.2 Å². The monoisotopic (exact) mass is 472 g/mol. The van der Waals surface area contributed by atoms with E-state index in [0.29, 0.717) is 31.7 Å². The lowest BCUT2D eigenvalue weighted by Gasteiger charge is -2.46. The van der Waals surface area contributed by atoms with Gasteiger partial charge in [0.1, 0.15) is 0 Å². The van der Waals surface area contributed by atoms with Crippen LogP contribution in [0.4, 0.5) is 15.7 Å². The summed E-state index contributed by atoms with van der Waals surface area (Å²) in [6.07, 6.45) is 3.65. The van der Waals surface area contributed by atoms with Crippen LogP contribution in [-0.2, 0) is 4.74 Å². The minimum absolute atomic E-state index is 0.0664. The lowest BCUT2D eigenvalue weighted by Crippen LogP contribution is -2.60. The van der Waals surface area contributed by atoms with Gasteiger partial charge in [0.25, 0.3) is 0 Å². The number of amides is 1. The van der Waals surface area contributed by atoms with Gasteiger partial charge in [-0.15, -0.1) is 11.3 Å². The molecule has 0 aromatic carbocycles. The van der Waals surface area contributed by atoms with Crippen LogP contribution in [0.1, 0.15) is 47.5 Å². The zero-order chi connectivity index (χ0) is 23.6. The molecule has 0 atom stereocenters. The van der Waals surface area contributed by atoms with Crippen molar-refractivity contribution in [1.82, 2.24) is 20.2 Å². The highest BCUT2D eigenvalue weighted by atomic mass is 32.1. The lowest BCUT2D eigenvalue weighted by atomic mass is 9.80. The number of hydrogen-bond acceptors (Lipinski definition) is 8. The number of nitrogens with one attached hydrogen (secondary N) is 2. The molecule has 0 aliphatic carbocycles. The summed E-state index contributed by atoms with van der Waals surface area (Å²) in [7, 11) is 0. The second-order valence-electron chi connectivity index (χ2n) is 10.2. The van der Waals surface area contributed by atoms with Crippen molar-refractivity contribution in [2.45, 2.75) is 64.6 Å². The van der Waals surface area contributed by atoms with Gasteiger partial charge in [0.05, 0.1) is 22.2 Å². The summed E-state index contributed by atoms with van der Waals surface area (Å²) in [6, 6.07) is 6.56. The molecule has 2 fully saturated rings. The lowest BCUT2D eigenvalue weighted by molar-refractivity contribution is 0.105. The summed E-state index contributed by atoms with van der Waals surface area (Å²) in [6.45, 7) is 14.2. The van der Waals surface area contributed by atoms with Gasteiger partial charge in [-0.1, -0.05) is 0 Å².